The molecule has 0 spiro atoms. The summed E-state index contributed by atoms with van der Waals surface area (Å²) in [5.74, 6) is -1.82. The molecular formula is C19H20N4O4S2. The number of esters is 1. The molecule has 0 fully saturated rings. The van der Waals surface area contributed by atoms with Gasteiger partial charge >= 0.3 is 5.97 Å². The van der Waals surface area contributed by atoms with Gasteiger partial charge in [0, 0.05) is 12.4 Å². The number of hydrazine groups is 1. The Morgan fingerprint density at radius 1 is 1.21 bits per heavy atom. The van der Waals surface area contributed by atoms with Crippen LogP contribution in [0.1, 0.15) is 23.8 Å². The molecule has 3 N–H and O–H groups in total. The second-order valence-electron chi connectivity index (χ2n) is 5.93. The Kier molecular flexibility index (Phi) is 6.78. The molecular weight excluding hydrogens is 412 g/mol. The molecule has 0 aliphatic carbocycles. The smallest absolute Gasteiger partial charge is 0.315 e. The second-order valence-corrected chi connectivity index (χ2v) is 8.31. The van der Waals surface area contributed by atoms with Gasteiger partial charge in [-0.3, -0.25) is 25.2 Å². The average molecular weight is 433 g/mol. The predicted octanol–water partition coefficient (Wildman–Crippen LogP) is 3.09. The van der Waals surface area contributed by atoms with Crippen molar-refractivity contribution in [3.8, 4) is 0 Å². The quantitative estimate of drug-likeness (QED) is 0.229. The van der Waals surface area contributed by atoms with Gasteiger partial charge in [0.2, 0.25) is 5.91 Å². The standard InChI is InChI=1S/C19H20N4O4S2/c1-3-27-16(25)11-15(24)21-22-19(26)13-10-12-6-4-7-14(18(12)20-13)23(2)29-17-8-5-9-28-17/h4-10,20H,3,11H2,1-2H3,(H,21,24)(H,22,26). The number of aromatic nitrogens is 1. The first kappa shape index (κ1) is 20.7. The SMILES string of the molecule is CCOC(=O)CC(=O)NNC(=O)c1cc2cccc(N(C)Sc3cccs3)c2[nH]1. The Balaban J connectivity index is 1.68. The van der Waals surface area contributed by atoms with Crippen molar-refractivity contribution < 1.29 is 19.1 Å². The highest BCUT2D eigenvalue weighted by molar-refractivity contribution is 8.02. The van der Waals surface area contributed by atoms with Gasteiger partial charge in [0.25, 0.3) is 5.91 Å². The molecule has 0 atom stereocenters. The molecule has 10 heteroatoms. The van der Waals surface area contributed by atoms with E-state index in [0.29, 0.717) is 5.69 Å². The molecule has 2 amide bonds. The molecule has 3 rings (SSSR count). The summed E-state index contributed by atoms with van der Waals surface area (Å²) in [7, 11) is 1.95. The number of amides is 2. The number of carbonyl (C=O) groups is 3. The van der Waals surface area contributed by atoms with Crippen molar-refractivity contribution >= 4 is 57.7 Å². The zero-order valence-electron chi connectivity index (χ0n) is 15.9. The summed E-state index contributed by atoms with van der Waals surface area (Å²) >= 11 is 3.24. The fourth-order valence-corrected chi connectivity index (χ4v) is 4.39. The monoisotopic (exact) mass is 432 g/mol. The first-order chi connectivity index (χ1) is 14.0. The third-order valence-electron chi connectivity index (χ3n) is 3.87. The normalized spacial score (nSPS) is 10.6. The maximum atomic E-state index is 12.4. The van der Waals surface area contributed by atoms with E-state index in [4.69, 9.17) is 4.74 Å². The zero-order chi connectivity index (χ0) is 20.8. The van der Waals surface area contributed by atoms with Crippen LogP contribution in [0, 0.1) is 0 Å². The summed E-state index contributed by atoms with van der Waals surface area (Å²) in [4.78, 5) is 38.5. The first-order valence-corrected chi connectivity index (χ1v) is 10.4. The summed E-state index contributed by atoms with van der Waals surface area (Å²) in [6, 6.07) is 11.5. The van der Waals surface area contributed by atoms with Crippen molar-refractivity contribution in [3.63, 3.8) is 0 Å². The highest BCUT2D eigenvalue weighted by Gasteiger charge is 2.16. The lowest BCUT2D eigenvalue weighted by Gasteiger charge is -2.17. The molecule has 0 unspecified atom stereocenters. The lowest BCUT2D eigenvalue weighted by atomic mass is 10.2. The van der Waals surface area contributed by atoms with Crippen molar-refractivity contribution in [1.29, 1.82) is 0 Å². The lowest BCUT2D eigenvalue weighted by molar-refractivity contribution is -0.146. The van der Waals surface area contributed by atoms with Gasteiger partial charge < -0.3 is 14.0 Å². The number of para-hydroxylation sites is 1. The molecule has 0 bridgehead atoms. The summed E-state index contributed by atoms with van der Waals surface area (Å²) < 4.78 is 7.86. The number of fused-ring (bicyclic) bond motifs is 1. The predicted molar refractivity (Wildman–Crippen MR) is 114 cm³/mol. The van der Waals surface area contributed by atoms with Gasteiger partial charge in [0.15, 0.2) is 0 Å². The van der Waals surface area contributed by atoms with Crippen molar-refractivity contribution in [3.05, 3.63) is 47.5 Å². The third-order valence-corrected chi connectivity index (χ3v) is 5.83. The molecule has 3 aromatic rings. The fraction of sp³-hybridized carbons (Fsp3) is 0.211. The van der Waals surface area contributed by atoms with Crippen LogP contribution in [0.2, 0.25) is 0 Å². The van der Waals surface area contributed by atoms with Crippen LogP contribution in [0.25, 0.3) is 10.9 Å². The molecule has 0 saturated carbocycles. The topological polar surface area (TPSA) is 104 Å². The number of aromatic amines is 1. The van der Waals surface area contributed by atoms with E-state index in [2.05, 4.69) is 15.8 Å². The summed E-state index contributed by atoms with van der Waals surface area (Å²) in [6.45, 7) is 1.84. The molecule has 1 aromatic carbocycles. The number of ether oxygens (including phenoxy) is 1. The van der Waals surface area contributed by atoms with E-state index >= 15 is 0 Å². The van der Waals surface area contributed by atoms with Gasteiger partial charge in [-0.15, -0.1) is 11.3 Å². The number of nitrogens with zero attached hydrogens (tertiary/aromatic N) is 1. The Morgan fingerprint density at radius 2 is 2.03 bits per heavy atom. The average Bonchev–Trinajstić information content (AvgIpc) is 3.35. The van der Waals surface area contributed by atoms with E-state index in [1.165, 1.54) is 0 Å². The van der Waals surface area contributed by atoms with Crippen molar-refractivity contribution in [2.45, 2.75) is 17.6 Å². The molecule has 0 saturated heterocycles. The summed E-state index contributed by atoms with van der Waals surface area (Å²) in [5.41, 5.74) is 6.53. The Morgan fingerprint density at radius 3 is 2.76 bits per heavy atom. The van der Waals surface area contributed by atoms with Crippen LogP contribution in [-0.4, -0.2) is 36.4 Å². The Bertz CT molecular complexity index is 1020. The molecule has 152 valence electrons. The van der Waals surface area contributed by atoms with Crippen molar-refractivity contribution in [2.24, 2.45) is 0 Å². The van der Waals surface area contributed by atoms with E-state index in [0.717, 1.165) is 20.8 Å². The van der Waals surface area contributed by atoms with Gasteiger partial charge in [-0.2, -0.15) is 0 Å². The number of H-pyrrole nitrogens is 1. The molecule has 8 nitrogen and oxygen atoms in total. The molecule has 2 aromatic heterocycles. The van der Waals surface area contributed by atoms with Crippen LogP contribution in [0.4, 0.5) is 5.69 Å². The van der Waals surface area contributed by atoms with E-state index in [1.807, 2.05) is 47.1 Å². The first-order valence-electron chi connectivity index (χ1n) is 8.79. The van der Waals surface area contributed by atoms with E-state index in [1.54, 1.807) is 36.3 Å². The van der Waals surface area contributed by atoms with Gasteiger partial charge in [-0.05, 0) is 42.5 Å². The van der Waals surface area contributed by atoms with Crippen LogP contribution in [0.5, 0.6) is 0 Å². The van der Waals surface area contributed by atoms with Crippen LogP contribution < -0.4 is 15.2 Å². The number of hydrogen-bond donors (Lipinski definition) is 3. The summed E-state index contributed by atoms with van der Waals surface area (Å²) in [5, 5.41) is 2.88. The molecule has 0 radical (unpaired) electrons. The number of thiophene rings is 1. The largest absolute Gasteiger partial charge is 0.466 e. The molecule has 29 heavy (non-hydrogen) atoms. The minimum Gasteiger partial charge on any atom is -0.466 e. The van der Waals surface area contributed by atoms with Crippen LogP contribution in [0.15, 0.2) is 46.0 Å². The fourth-order valence-electron chi connectivity index (χ4n) is 2.61. The van der Waals surface area contributed by atoms with Gasteiger partial charge in [0.1, 0.15) is 12.1 Å². The highest BCUT2D eigenvalue weighted by atomic mass is 32.2. The van der Waals surface area contributed by atoms with E-state index in [9.17, 15) is 14.4 Å². The van der Waals surface area contributed by atoms with Crippen molar-refractivity contribution in [2.75, 3.05) is 18.0 Å². The number of benzene rings is 1. The number of hydrogen-bond acceptors (Lipinski definition) is 7. The zero-order valence-corrected chi connectivity index (χ0v) is 17.5. The number of carbonyl (C=O) groups excluding carboxylic acids is 3. The van der Waals surface area contributed by atoms with E-state index < -0.39 is 24.2 Å². The highest BCUT2D eigenvalue weighted by Crippen LogP contribution is 2.34. The lowest BCUT2D eigenvalue weighted by Crippen LogP contribution is -2.42. The summed E-state index contributed by atoms with van der Waals surface area (Å²) in [6.07, 6.45) is -0.463. The maximum absolute atomic E-state index is 12.4. The number of anilines is 1. The van der Waals surface area contributed by atoms with Gasteiger partial charge in [-0.1, -0.05) is 18.2 Å². The molecule has 2 heterocycles. The van der Waals surface area contributed by atoms with Crippen molar-refractivity contribution in [1.82, 2.24) is 15.8 Å². The number of nitrogens with one attached hydrogen (secondary N) is 3. The molecule has 0 aliphatic rings. The molecule has 0 aliphatic heterocycles. The minimum atomic E-state index is -0.652. The van der Waals surface area contributed by atoms with E-state index in [-0.39, 0.29) is 6.61 Å². The third kappa shape index (κ3) is 5.30. The van der Waals surface area contributed by atoms with Crippen LogP contribution in [0.3, 0.4) is 0 Å². The van der Waals surface area contributed by atoms with Gasteiger partial charge in [0.05, 0.1) is 22.0 Å². The second kappa shape index (κ2) is 9.48. The Hall–Kier alpha value is -2.98. The van der Waals surface area contributed by atoms with Gasteiger partial charge in [-0.25, -0.2) is 0 Å². The van der Waals surface area contributed by atoms with Crippen LogP contribution in [-0.2, 0) is 14.3 Å². The number of rotatable bonds is 7. The Labute approximate surface area is 175 Å². The van der Waals surface area contributed by atoms with Crippen LogP contribution >= 0.6 is 23.3 Å². The maximum Gasteiger partial charge on any atom is 0.315 e. The minimum absolute atomic E-state index is 0.190.